The van der Waals surface area contributed by atoms with Crippen molar-refractivity contribution < 1.29 is 33.8 Å². The number of carbonyl (C=O) groups is 2. The van der Waals surface area contributed by atoms with Gasteiger partial charge in [0.15, 0.2) is 11.5 Å². The lowest BCUT2D eigenvalue weighted by Crippen LogP contribution is -3.14. The van der Waals surface area contributed by atoms with Gasteiger partial charge in [0.1, 0.15) is 13.1 Å². The minimum atomic E-state index is -0.793. The minimum Gasteiger partial charge on any atom is -0.872 e. The first-order valence-electron chi connectivity index (χ1n) is 11.1. The van der Waals surface area contributed by atoms with Crippen LogP contribution in [0.5, 0.6) is 11.5 Å². The molecule has 2 fully saturated rings. The molecule has 0 aliphatic carbocycles. The van der Waals surface area contributed by atoms with E-state index < -0.39 is 23.5 Å². The Morgan fingerprint density at radius 1 is 1.09 bits per heavy atom. The summed E-state index contributed by atoms with van der Waals surface area (Å²) in [6.07, 6.45) is 0. The van der Waals surface area contributed by atoms with Gasteiger partial charge in [-0.25, -0.2) is 0 Å². The number of hydrogen-bond donors (Lipinski definition) is 1. The summed E-state index contributed by atoms with van der Waals surface area (Å²) in [6.45, 7) is 4.00. The lowest BCUT2D eigenvalue weighted by atomic mass is 9.95. The number of halogens is 1. The van der Waals surface area contributed by atoms with Crippen LogP contribution in [0, 0.1) is 0 Å². The first kappa shape index (κ1) is 24.1. The van der Waals surface area contributed by atoms with Crippen LogP contribution in [0.15, 0.2) is 48.0 Å². The third-order valence-electron chi connectivity index (χ3n) is 6.27. The van der Waals surface area contributed by atoms with E-state index in [1.165, 1.54) is 30.1 Å². The monoisotopic (exact) mass is 486 g/mol. The summed E-state index contributed by atoms with van der Waals surface area (Å²) in [4.78, 5) is 29.0. The Labute approximate surface area is 203 Å². The van der Waals surface area contributed by atoms with Gasteiger partial charge in [0.2, 0.25) is 5.78 Å². The molecule has 34 heavy (non-hydrogen) atoms. The highest BCUT2D eigenvalue weighted by Gasteiger charge is 2.44. The molecule has 2 heterocycles. The van der Waals surface area contributed by atoms with Crippen LogP contribution in [-0.4, -0.2) is 70.2 Å². The second-order valence-corrected chi connectivity index (χ2v) is 8.64. The lowest BCUT2D eigenvalue weighted by molar-refractivity contribution is -0.907. The number of nitrogens with zero attached hydrogens (tertiary/aromatic N) is 1. The molecule has 0 aromatic heterocycles. The van der Waals surface area contributed by atoms with Crippen LogP contribution < -0.4 is 19.5 Å². The van der Waals surface area contributed by atoms with Gasteiger partial charge in [-0.3, -0.25) is 9.59 Å². The van der Waals surface area contributed by atoms with Crippen LogP contribution in [0.1, 0.15) is 17.2 Å². The molecule has 0 radical (unpaired) electrons. The summed E-state index contributed by atoms with van der Waals surface area (Å²) in [6, 6.07) is 10.8. The highest BCUT2D eigenvalue weighted by Crippen LogP contribution is 2.39. The highest BCUT2D eigenvalue weighted by molar-refractivity contribution is 6.46. The summed E-state index contributed by atoms with van der Waals surface area (Å²) in [5.41, 5.74) is 0.828. The number of rotatable bonds is 7. The van der Waals surface area contributed by atoms with Gasteiger partial charge in [-0.2, -0.15) is 0 Å². The highest BCUT2D eigenvalue weighted by atomic mass is 35.5. The second kappa shape index (κ2) is 10.5. The molecule has 4 rings (SSSR count). The maximum Gasteiger partial charge on any atom is 0.295 e. The van der Waals surface area contributed by atoms with E-state index in [0.29, 0.717) is 48.4 Å². The molecule has 1 unspecified atom stereocenters. The Balaban J connectivity index is 1.75. The van der Waals surface area contributed by atoms with Crippen molar-refractivity contribution in [2.75, 3.05) is 53.6 Å². The number of quaternary nitrogens is 1. The average molecular weight is 487 g/mol. The average Bonchev–Trinajstić information content (AvgIpc) is 3.12. The Hall–Kier alpha value is -3.07. The standard InChI is InChI=1S/C25H27ClN2O6/c1-32-19-8-5-17(15-20(19)33-2)23(29)21-22(16-3-6-18(26)7-4-16)28(25(31)24(21)30)10-9-27-11-13-34-14-12-27/h3-8,15,22,29H,9-14H2,1-2H3. The van der Waals surface area contributed by atoms with Crippen molar-refractivity contribution in [3.05, 3.63) is 64.2 Å². The van der Waals surface area contributed by atoms with Crippen molar-refractivity contribution in [3.63, 3.8) is 0 Å². The predicted octanol–water partition coefficient (Wildman–Crippen LogP) is 0.496. The summed E-state index contributed by atoms with van der Waals surface area (Å²) in [7, 11) is 2.97. The Morgan fingerprint density at radius 3 is 2.41 bits per heavy atom. The fraction of sp³-hybridized carbons (Fsp3) is 0.360. The van der Waals surface area contributed by atoms with E-state index in [0.717, 1.165) is 13.1 Å². The third-order valence-corrected chi connectivity index (χ3v) is 6.52. The lowest BCUT2D eigenvalue weighted by Gasteiger charge is -2.30. The number of morpholine rings is 1. The molecule has 2 aromatic rings. The molecule has 0 saturated carbocycles. The van der Waals surface area contributed by atoms with E-state index in [-0.39, 0.29) is 11.1 Å². The number of likely N-dealkylation sites (tertiary alicyclic amines) is 1. The number of benzene rings is 2. The smallest absolute Gasteiger partial charge is 0.295 e. The van der Waals surface area contributed by atoms with Crippen LogP contribution in [0.2, 0.25) is 5.02 Å². The third kappa shape index (κ3) is 4.75. The van der Waals surface area contributed by atoms with Crippen molar-refractivity contribution in [3.8, 4) is 11.5 Å². The zero-order valence-corrected chi connectivity index (χ0v) is 19.9. The summed E-state index contributed by atoms with van der Waals surface area (Å²) < 4.78 is 16.0. The van der Waals surface area contributed by atoms with Gasteiger partial charge < -0.3 is 29.1 Å². The van der Waals surface area contributed by atoms with Gasteiger partial charge >= 0.3 is 0 Å². The minimum absolute atomic E-state index is 0.0727. The van der Waals surface area contributed by atoms with Crippen LogP contribution >= 0.6 is 11.6 Å². The molecule has 9 heteroatoms. The summed E-state index contributed by atoms with van der Waals surface area (Å²) in [5, 5.41) is 14.1. The van der Waals surface area contributed by atoms with Gasteiger partial charge in [0.05, 0.1) is 46.6 Å². The summed E-state index contributed by atoms with van der Waals surface area (Å²) in [5.74, 6) is -1.14. The second-order valence-electron chi connectivity index (χ2n) is 8.21. The molecular weight excluding hydrogens is 460 g/mol. The topological polar surface area (TPSA) is 92.6 Å². The molecule has 8 nitrogen and oxygen atoms in total. The summed E-state index contributed by atoms with van der Waals surface area (Å²) >= 11 is 6.07. The molecule has 2 aromatic carbocycles. The van der Waals surface area contributed by atoms with Gasteiger partial charge in [-0.1, -0.05) is 35.6 Å². The van der Waals surface area contributed by atoms with E-state index in [1.807, 2.05) is 0 Å². The van der Waals surface area contributed by atoms with E-state index in [2.05, 4.69) is 0 Å². The fourth-order valence-electron chi connectivity index (χ4n) is 4.41. The number of ether oxygens (including phenoxy) is 3. The molecule has 1 atom stereocenters. The quantitative estimate of drug-likeness (QED) is 0.348. The van der Waals surface area contributed by atoms with E-state index in [1.54, 1.807) is 36.4 Å². The molecule has 0 bridgehead atoms. The SMILES string of the molecule is COc1ccc(C([O-])=C2C(=O)C(=O)N(CC[NH+]3CCOCC3)C2c2ccc(Cl)cc2)cc1OC. The number of nitrogens with one attached hydrogen (secondary N) is 1. The van der Waals surface area contributed by atoms with Crippen LogP contribution in [0.3, 0.4) is 0 Å². The Bertz CT molecular complexity index is 1100. The van der Waals surface area contributed by atoms with Crippen molar-refractivity contribution in [1.82, 2.24) is 4.90 Å². The first-order chi connectivity index (χ1) is 16.4. The number of amides is 1. The molecule has 2 aliphatic heterocycles. The molecular formula is C25H27ClN2O6. The number of hydrogen-bond acceptors (Lipinski definition) is 6. The molecule has 0 spiro atoms. The van der Waals surface area contributed by atoms with E-state index in [9.17, 15) is 14.7 Å². The molecule has 180 valence electrons. The predicted molar refractivity (Wildman–Crippen MR) is 124 cm³/mol. The number of methoxy groups -OCH3 is 2. The van der Waals surface area contributed by atoms with Crippen LogP contribution in [0.25, 0.3) is 5.76 Å². The molecule has 2 aliphatic rings. The molecule has 1 N–H and O–H groups in total. The first-order valence-corrected chi connectivity index (χ1v) is 11.5. The van der Waals surface area contributed by atoms with Gasteiger partial charge in [-0.15, -0.1) is 0 Å². The zero-order chi connectivity index (χ0) is 24.2. The zero-order valence-electron chi connectivity index (χ0n) is 19.1. The largest absolute Gasteiger partial charge is 0.872 e. The van der Waals surface area contributed by atoms with Crippen molar-refractivity contribution in [1.29, 1.82) is 0 Å². The van der Waals surface area contributed by atoms with Gasteiger partial charge in [-0.05, 0) is 35.4 Å². The van der Waals surface area contributed by atoms with E-state index in [4.69, 9.17) is 25.8 Å². The van der Waals surface area contributed by atoms with Crippen molar-refractivity contribution in [2.45, 2.75) is 6.04 Å². The van der Waals surface area contributed by atoms with Crippen LogP contribution in [-0.2, 0) is 14.3 Å². The molecule has 2 saturated heterocycles. The van der Waals surface area contributed by atoms with Gasteiger partial charge in [0, 0.05) is 10.6 Å². The number of carbonyl (C=O) groups excluding carboxylic acids is 2. The maximum atomic E-state index is 13.6. The van der Waals surface area contributed by atoms with E-state index >= 15 is 0 Å². The maximum absolute atomic E-state index is 13.6. The van der Waals surface area contributed by atoms with Crippen LogP contribution in [0.4, 0.5) is 0 Å². The Morgan fingerprint density at radius 2 is 1.76 bits per heavy atom. The fourth-order valence-corrected chi connectivity index (χ4v) is 4.54. The van der Waals surface area contributed by atoms with Crippen molar-refractivity contribution in [2.24, 2.45) is 0 Å². The normalized spacial score (nSPS) is 20.6. The number of ketones is 1. The number of Topliss-reactive ketones (excluding diaryl/α,β-unsaturated/α-hetero) is 1. The van der Waals surface area contributed by atoms with Gasteiger partial charge in [0.25, 0.3) is 5.91 Å². The Kier molecular flexibility index (Phi) is 7.41. The molecule has 1 amide bonds. The van der Waals surface area contributed by atoms with Crippen molar-refractivity contribution >= 4 is 29.1 Å².